The zero-order valence-electron chi connectivity index (χ0n) is 12.2. The number of nitrogens with zero attached hydrogens (tertiary/aromatic N) is 1. The predicted molar refractivity (Wildman–Crippen MR) is 83.1 cm³/mol. The van der Waals surface area contributed by atoms with E-state index in [9.17, 15) is 9.90 Å². The van der Waals surface area contributed by atoms with Crippen LogP contribution in [0.1, 0.15) is 24.2 Å². The summed E-state index contributed by atoms with van der Waals surface area (Å²) in [5, 5.41) is 11.1. The van der Waals surface area contributed by atoms with E-state index in [1.165, 1.54) is 0 Å². The summed E-state index contributed by atoms with van der Waals surface area (Å²) < 4.78 is 5.78. The van der Waals surface area contributed by atoms with Gasteiger partial charge in [-0.25, -0.2) is 4.79 Å². The fourth-order valence-corrected chi connectivity index (χ4v) is 3.12. The number of morpholine rings is 1. The van der Waals surface area contributed by atoms with E-state index in [-0.39, 0.29) is 12.2 Å². The van der Waals surface area contributed by atoms with E-state index in [0.29, 0.717) is 5.56 Å². The minimum absolute atomic E-state index is 0.173. The first-order valence-electron chi connectivity index (χ1n) is 7.21. The Morgan fingerprint density at radius 3 is 2.33 bits per heavy atom. The van der Waals surface area contributed by atoms with Gasteiger partial charge < -0.3 is 14.7 Å². The van der Waals surface area contributed by atoms with Crippen molar-refractivity contribution in [1.82, 2.24) is 0 Å². The van der Waals surface area contributed by atoms with E-state index in [4.69, 9.17) is 4.74 Å². The number of ether oxygens (including phenoxy) is 1. The second-order valence-electron chi connectivity index (χ2n) is 5.65. The van der Waals surface area contributed by atoms with Crippen LogP contribution < -0.4 is 4.90 Å². The van der Waals surface area contributed by atoms with Gasteiger partial charge in [0.2, 0.25) is 0 Å². The van der Waals surface area contributed by atoms with Crippen LogP contribution in [-0.4, -0.2) is 36.4 Å². The monoisotopic (exact) mass is 285 g/mol. The van der Waals surface area contributed by atoms with Gasteiger partial charge in [-0.1, -0.05) is 24.3 Å². The first-order chi connectivity index (χ1) is 10.1. The normalized spacial score (nSPS) is 22.5. The fourth-order valence-electron chi connectivity index (χ4n) is 3.12. The lowest BCUT2D eigenvalue weighted by atomic mass is 10.0. The number of benzene rings is 2. The number of anilines is 1. The molecule has 0 aliphatic carbocycles. The maximum Gasteiger partial charge on any atom is 0.336 e. The van der Waals surface area contributed by atoms with Crippen molar-refractivity contribution >= 4 is 22.4 Å². The average molecular weight is 285 g/mol. The van der Waals surface area contributed by atoms with Gasteiger partial charge in [0.25, 0.3) is 0 Å². The Bertz CT molecular complexity index is 673. The molecule has 1 fully saturated rings. The number of hydrogen-bond donors (Lipinski definition) is 1. The lowest BCUT2D eigenvalue weighted by Gasteiger charge is -2.37. The number of carboxylic acid groups (broad SMARTS) is 1. The van der Waals surface area contributed by atoms with Gasteiger partial charge in [-0.3, -0.25) is 0 Å². The smallest absolute Gasteiger partial charge is 0.336 e. The van der Waals surface area contributed by atoms with Crippen molar-refractivity contribution in [2.24, 2.45) is 0 Å². The van der Waals surface area contributed by atoms with E-state index >= 15 is 0 Å². The van der Waals surface area contributed by atoms with Crippen molar-refractivity contribution in [1.29, 1.82) is 0 Å². The molecule has 4 heteroatoms. The maximum absolute atomic E-state index is 11.4. The van der Waals surface area contributed by atoms with Crippen molar-refractivity contribution in [3.8, 4) is 0 Å². The third-order valence-corrected chi connectivity index (χ3v) is 3.89. The summed E-state index contributed by atoms with van der Waals surface area (Å²) in [7, 11) is 0. The van der Waals surface area contributed by atoms with Crippen LogP contribution in [0.2, 0.25) is 0 Å². The number of carboxylic acids is 1. The van der Waals surface area contributed by atoms with Crippen LogP contribution in [0.5, 0.6) is 0 Å². The van der Waals surface area contributed by atoms with Crippen molar-refractivity contribution in [3.63, 3.8) is 0 Å². The fraction of sp³-hybridized carbons (Fsp3) is 0.353. The molecule has 0 spiro atoms. The molecule has 2 aromatic carbocycles. The Kier molecular flexibility index (Phi) is 3.55. The Morgan fingerprint density at radius 2 is 1.71 bits per heavy atom. The van der Waals surface area contributed by atoms with Gasteiger partial charge in [0, 0.05) is 24.2 Å². The predicted octanol–water partition coefficient (Wildman–Crippen LogP) is 3.15. The van der Waals surface area contributed by atoms with Crippen LogP contribution in [0.3, 0.4) is 0 Å². The Morgan fingerprint density at radius 1 is 1.10 bits per heavy atom. The average Bonchev–Trinajstić information content (AvgIpc) is 2.44. The van der Waals surface area contributed by atoms with Gasteiger partial charge in [0.15, 0.2) is 0 Å². The molecular formula is C17H19NO3. The molecule has 4 nitrogen and oxygen atoms in total. The molecular weight excluding hydrogens is 266 g/mol. The van der Waals surface area contributed by atoms with Crippen LogP contribution in [0, 0.1) is 0 Å². The second-order valence-corrected chi connectivity index (χ2v) is 5.65. The first kappa shape index (κ1) is 13.9. The van der Waals surface area contributed by atoms with Gasteiger partial charge in [-0.15, -0.1) is 0 Å². The van der Waals surface area contributed by atoms with Crippen molar-refractivity contribution in [2.45, 2.75) is 26.1 Å². The van der Waals surface area contributed by atoms with Crippen LogP contribution in [0.15, 0.2) is 36.4 Å². The third kappa shape index (κ3) is 2.59. The van der Waals surface area contributed by atoms with E-state index in [2.05, 4.69) is 18.7 Å². The molecule has 1 heterocycles. The highest BCUT2D eigenvalue weighted by molar-refractivity contribution is 6.07. The molecule has 0 aromatic heterocycles. The summed E-state index contributed by atoms with van der Waals surface area (Å²) in [6.45, 7) is 5.77. The Labute approximate surface area is 123 Å². The standard InChI is InChI=1S/C17H19NO3/c1-11-9-18(10-12(2)21-11)16-8-7-15(17(19)20)13-5-3-4-6-14(13)16/h3-8,11-12H,9-10H2,1-2H3,(H,19,20). The Balaban J connectivity index is 2.11. The van der Waals surface area contributed by atoms with Gasteiger partial charge >= 0.3 is 5.97 Å². The molecule has 110 valence electrons. The van der Waals surface area contributed by atoms with Crippen LogP contribution in [0.4, 0.5) is 5.69 Å². The van der Waals surface area contributed by atoms with Crippen molar-refractivity contribution in [3.05, 3.63) is 42.0 Å². The molecule has 0 bridgehead atoms. The highest BCUT2D eigenvalue weighted by Gasteiger charge is 2.24. The summed E-state index contributed by atoms with van der Waals surface area (Å²) >= 11 is 0. The zero-order valence-corrected chi connectivity index (χ0v) is 12.2. The molecule has 3 rings (SSSR count). The first-order valence-corrected chi connectivity index (χ1v) is 7.21. The lowest BCUT2D eigenvalue weighted by molar-refractivity contribution is -0.00513. The van der Waals surface area contributed by atoms with E-state index in [1.807, 2.05) is 30.3 Å². The van der Waals surface area contributed by atoms with Crippen LogP contribution >= 0.6 is 0 Å². The SMILES string of the molecule is CC1CN(c2ccc(C(=O)O)c3ccccc23)CC(C)O1. The molecule has 1 aliphatic heterocycles. The number of carbonyl (C=O) groups is 1. The molecule has 21 heavy (non-hydrogen) atoms. The molecule has 2 aromatic rings. The van der Waals surface area contributed by atoms with E-state index in [0.717, 1.165) is 29.5 Å². The number of fused-ring (bicyclic) bond motifs is 1. The summed E-state index contributed by atoms with van der Waals surface area (Å²) in [4.78, 5) is 13.7. The molecule has 0 saturated carbocycles. The molecule has 2 unspecified atom stereocenters. The summed E-state index contributed by atoms with van der Waals surface area (Å²) in [5.74, 6) is -0.888. The Hall–Kier alpha value is -2.07. The maximum atomic E-state index is 11.4. The topological polar surface area (TPSA) is 49.8 Å². The van der Waals surface area contributed by atoms with Gasteiger partial charge in [0.1, 0.15) is 0 Å². The van der Waals surface area contributed by atoms with Crippen LogP contribution in [-0.2, 0) is 4.74 Å². The van der Waals surface area contributed by atoms with Crippen LogP contribution in [0.25, 0.3) is 10.8 Å². The van der Waals surface area contributed by atoms with Crippen molar-refractivity contribution < 1.29 is 14.6 Å². The van der Waals surface area contributed by atoms with Gasteiger partial charge in [0.05, 0.1) is 17.8 Å². The number of rotatable bonds is 2. The summed E-state index contributed by atoms with van der Waals surface area (Å²) in [6, 6.07) is 11.3. The van der Waals surface area contributed by atoms with Gasteiger partial charge in [-0.2, -0.15) is 0 Å². The van der Waals surface area contributed by atoms with E-state index < -0.39 is 5.97 Å². The highest BCUT2D eigenvalue weighted by Crippen LogP contribution is 2.31. The number of hydrogen-bond acceptors (Lipinski definition) is 3. The van der Waals surface area contributed by atoms with Gasteiger partial charge in [-0.05, 0) is 31.4 Å². The quantitative estimate of drug-likeness (QED) is 0.921. The highest BCUT2D eigenvalue weighted by atomic mass is 16.5. The summed E-state index contributed by atoms with van der Waals surface area (Å²) in [5.41, 5.74) is 1.43. The third-order valence-electron chi connectivity index (χ3n) is 3.89. The van der Waals surface area contributed by atoms with Crippen molar-refractivity contribution in [2.75, 3.05) is 18.0 Å². The lowest BCUT2D eigenvalue weighted by Crippen LogP contribution is -2.45. The molecule has 0 radical (unpaired) electrons. The second kappa shape index (κ2) is 5.37. The minimum atomic E-state index is -0.888. The molecule has 1 saturated heterocycles. The molecule has 0 amide bonds. The molecule has 2 atom stereocenters. The summed E-state index contributed by atoms with van der Waals surface area (Å²) in [6.07, 6.45) is 0.346. The minimum Gasteiger partial charge on any atom is -0.478 e. The number of aromatic carboxylic acids is 1. The van der Waals surface area contributed by atoms with E-state index in [1.54, 1.807) is 6.07 Å². The molecule has 1 N–H and O–H groups in total. The largest absolute Gasteiger partial charge is 0.478 e. The zero-order chi connectivity index (χ0) is 15.0. The molecule has 1 aliphatic rings.